The largest absolute Gasteiger partial charge is 0.426 e. The quantitative estimate of drug-likeness (QED) is 0.552. The Kier molecular flexibility index (Phi) is 6.74. The van der Waals surface area contributed by atoms with Crippen LogP contribution in [-0.2, 0) is 20.8 Å². The van der Waals surface area contributed by atoms with Crippen molar-refractivity contribution in [1.29, 1.82) is 0 Å². The molecular formula is C25H28N3O3S+. The average molecular weight is 451 g/mol. The summed E-state index contributed by atoms with van der Waals surface area (Å²) in [7, 11) is 0. The summed E-state index contributed by atoms with van der Waals surface area (Å²) in [5, 5.41) is -0.00716. The first-order chi connectivity index (χ1) is 15.5. The van der Waals surface area contributed by atoms with E-state index in [4.69, 9.17) is 5.73 Å². The lowest BCUT2D eigenvalue weighted by molar-refractivity contribution is -0.435. The second-order valence-electron chi connectivity index (χ2n) is 8.26. The van der Waals surface area contributed by atoms with Gasteiger partial charge in [-0.2, -0.15) is 0 Å². The zero-order valence-corrected chi connectivity index (χ0v) is 19.0. The van der Waals surface area contributed by atoms with Gasteiger partial charge in [0.05, 0.1) is 0 Å². The Labute approximate surface area is 192 Å². The van der Waals surface area contributed by atoms with E-state index in [1.165, 1.54) is 17.3 Å². The van der Waals surface area contributed by atoms with E-state index in [0.29, 0.717) is 30.8 Å². The van der Waals surface area contributed by atoms with Gasteiger partial charge < -0.3 is 10.6 Å². The SMILES string of the molecule is CCc1ccc(/C=C2\SC3C=CC=CC3=[N+](CC(=O)N3CCC(C(N)=O)CC3)C2=O)cc1. The maximum atomic E-state index is 13.4. The molecule has 1 saturated heterocycles. The number of likely N-dealkylation sites (tertiary alicyclic amines) is 1. The summed E-state index contributed by atoms with van der Waals surface area (Å²) < 4.78 is 1.61. The highest BCUT2D eigenvalue weighted by molar-refractivity contribution is 8.05. The molecule has 0 saturated carbocycles. The van der Waals surface area contributed by atoms with Crippen molar-refractivity contribution >= 4 is 41.3 Å². The van der Waals surface area contributed by atoms with Gasteiger partial charge >= 0.3 is 5.91 Å². The summed E-state index contributed by atoms with van der Waals surface area (Å²) in [5.41, 5.74) is 8.45. The molecule has 2 aliphatic heterocycles. The highest BCUT2D eigenvalue weighted by atomic mass is 32.2. The van der Waals surface area contributed by atoms with Crippen LogP contribution in [0.1, 0.15) is 30.9 Å². The van der Waals surface area contributed by atoms with Crippen LogP contribution in [0.3, 0.4) is 0 Å². The average Bonchev–Trinajstić information content (AvgIpc) is 2.82. The second kappa shape index (κ2) is 9.69. The summed E-state index contributed by atoms with van der Waals surface area (Å²) in [5.74, 6) is -0.736. The van der Waals surface area contributed by atoms with Crippen LogP contribution in [0.15, 0.2) is 53.5 Å². The van der Waals surface area contributed by atoms with Crippen molar-refractivity contribution < 1.29 is 19.0 Å². The number of hydrogen-bond donors (Lipinski definition) is 1. The fourth-order valence-electron chi connectivity index (χ4n) is 4.20. The van der Waals surface area contributed by atoms with Gasteiger partial charge in [0.1, 0.15) is 10.2 Å². The third-order valence-electron chi connectivity index (χ3n) is 6.21. The van der Waals surface area contributed by atoms with E-state index in [0.717, 1.165) is 17.7 Å². The minimum absolute atomic E-state index is 0.00322. The Bertz CT molecular complexity index is 1040. The number of amides is 3. The van der Waals surface area contributed by atoms with Crippen LogP contribution >= 0.6 is 11.8 Å². The van der Waals surface area contributed by atoms with Gasteiger partial charge in [0.25, 0.3) is 5.91 Å². The molecule has 0 radical (unpaired) electrons. The van der Waals surface area contributed by atoms with Crippen molar-refractivity contribution in [2.45, 2.75) is 31.4 Å². The second-order valence-corrected chi connectivity index (χ2v) is 9.44. The number of nitrogens with zero attached hydrogens (tertiary/aromatic N) is 2. The lowest BCUT2D eigenvalue weighted by Crippen LogP contribution is -2.47. The highest BCUT2D eigenvalue weighted by Crippen LogP contribution is 2.33. The van der Waals surface area contributed by atoms with E-state index >= 15 is 0 Å². The van der Waals surface area contributed by atoms with E-state index in [9.17, 15) is 14.4 Å². The normalized spacial score (nSPS) is 22.4. The van der Waals surface area contributed by atoms with Crippen LogP contribution in [0.5, 0.6) is 0 Å². The summed E-state index contributed by atoms with van der Waals surface area (Å²) in [6, 6.07) is 8.19. The van der Waals surface area contributed by atoms with E-state index in [1.54, 1.807) is 9.48 Å². The Morgan fingerprint density at radius 2 is 1.91 bits per heavy atom. The van der Waals surface area contributed by atoms with E-state index in [1.807, 2.05) is 36.4 Å². The van der Waals surface area contributed by atoms with Gasteiger partial charge in [-0.25, -0.2) is 4.79 Å². The minimum Gasteiger partial charge on any atom is -0.369 e. The number of benzene rings is 1. The third-order valence-corrected chi connectivity index (χ3v) is 7.41. The summed E-state index contributed by atoms with van der Waals surface area (Å²) in [6.45, 7) is 3.09. The number of nitrogens with two attached hydrogens (primary N) is 1. The van der Waals surface area contributed by atoms with Crippen molar-refractivity contribution in [3.63, 3.8) is 0 Å². The first-order valence-corrected chi connectivity index (χ1v) is 11.9. The van der Waals surface area contributed by atoms with Gasteiger partial charge in [0.2, 0.25) is 18.2 Å². The smallest absolute Gasteiger partial charge is 0.369 e. The summed E-state index contributed by atoms with van der Waals surface area (Å²) >= 11 is 1.52. The van der Waals surface area contributed by atoms with E-state index in [2.05, 4.69) is 25.1 Å². The first-order valence-electron chi connectivity index (χ1n) is 11.0. The molecule has 166 valence electrons. The number of piperidine rings is 1. The molecule has 1 unspecified atom stereocenters. The van der Waals surface area contributed by atoms with Crippen molar-refractivity contribution in [3.8, 4) is 0 Å². The number of aryl methyl sites for hydroxylation is 1. The first kappa shape index (κ1) is 22.3. The monoisotopic (exact) mass is 450 g/mol. The predicted molar refractivity (Wildman–Crippen MR) is 127 cm³/mol. The molecule has 1 aromatic carbocycles. The van der Waals surface area contributed by atoms with Gasteiger partial charge in [0, 0.05) is 25.1 Å². The number of hydrogen-bond acceptors (Lipinski definition) is 4. The van der Waals surface area contributed by atoms with Crippen molar-refractivity contribution in [3.05, 3.63) is 64.6 Å². The Morgan fingerprint density at radius 1 is 1.19 bits per heavy atom. The fourth-order valence-corrected chi connectivity index (χ4v) is 5.39. The molecule has 0 aromatic heterocycles. The minimum atomic E-state index is -0.306. The lowest BCUT2D eigenvalue weighted by atomic mass is 9.96. The molecule has 1 aliphatic carbocycles. The van der Waals surface area contributed by atoms with E-state index < -0.39 is 0 Å². The number of allylic oxidation sites excluding steroid dienone is 3. The van der Waals surface area contributed by atoms with Crippen LogP contribution in [0, 0.1) is 5.92 Å². The zero-order valence-electron chi connectivity index (χ0n) is 18.2. The van der Waals surface area contributed by atoms with Gasteiger partial charge in [-0.1, -0.05) is 61.2 Å². The number of fused-ring (bicyclic) bond motifs is 1. The van der Waals surface area contributed by atoms with Crippen LogP contribution in [-0.4, -0.2) is 57.8 Å². The van der Waals surface area contributed by atoms with Crippen LogP contribution < -0.4 is 5.73 Å². The number of carbonyl (C=O) groups is 3. The Balaban J connectivity index is 1.56. The maximum absolute atomic E-state index is 13.4. The van der Waals surface area contributed by atoms with Gasteiger partial charge in [-0.15, -0.1) is 4.58 Å². The molecule has 4 rings (SSSR count). The summed E-state index contributed by atoms with van der Waals surface area (Å²) in [4.78, 5) is 40.2. The molecule has 3 aliphatic rings. The molecular weight excluding hydrogens is 422 g/mol. The third kappa shape index (κ3) is 4.78. The number of rotatable bonds is 5. The van der Waals surface area contributed by atoms with Crippen LogP contribution in [0.25, 0.3) is 6.08 Å². The van der Waals surface area contributed by atoms with Crippen molar-refractivity contribution in [2.75, 3.05) is 19.6 Å². The Morgan fingerprint density at radius 3 is 2.56 bits per heavy atom. The maximum Gasteiger partial charge on any atom is 0.426 e. The number of primary amides is 1. The van der Waals surface area contributed by atoms with Gasteiger partial charge in [-0.05, 0) is 36.5 Å². The Hall–Kier alpha value is -2.93. The molecule has 6 nitrogen and oxygen atoms in total. The molecule has 0 bridgehead atoms. The van der Waals surface area contributed by atoms with E-state index in [-0.39, 0.29) is 35.4 Å². The summed E-state index contributed by atoms with van der Waals surface area (Å²) in [6.07, 6.45) is 11.9. The molecule has 32 heavy (non-hydrogen) atoms. The molecule has 7 heteroatoms. The molecule has 1 fully saturated rings. The lowest BCUT2D eigenvalue weighted by Gasteiger charge is -2.30. The van der Waals surface area contributed by atoms with Crippen molar-refractivity contribution in [2.24, 2.45) is 11.7 Å². The molecule has 2 N–H and O–H groups in total. The topological polar surface area (TPSA) is 83.5 Å². The standard InChI is InChI=1S/C25H27N3O3S/c1-2-17-7-9-18(10-8-17)15-22-25(31)28(20-5-3-4-6-21(20)32-22)16-23(29)27-13-11-19(12-14-27)24(26)30/h3-10,15,19,21H,2,11-14,16H2,1H3,(H-,26,30)/p+1/b22-15-. The zero-order chi connectivity index (χ0) is 22.7. The van der Waals surface area contributed by atoms with Crippen molar-refractivity contribution in [1.82, 2.24) is 4.90 Å². The predicted octanol–water partition coefficient (Wildman–Crippen LogP) is 2.54. The molecule has 1 atom stereocenters. The highest BCUT2D eigenvalue weighted by Gasteiger charge is 2.40. The molecule has 1 aromatic rings. The number of carbonyl (C=O) groups excluding carboxylic acids is 3. The molecule has 3 amide bonds. The van der Waals surface area contributed by atoms with Gasteiger partial charge in [0.15, 0.2) is 0 Å². The van der Waals surface area contributed by atoms with Crippen LogP contribution in [0.2, 0.25) is 0 Å². The van der Waals surface area contributed by atoms with Crippen LogP contribution in [0.4, 0.5) is 0 Å². The number of thioether (sulfide) groups is 1. The van der Waals surface area contributed by atoms with Gasteiger partial charge in [-0.3, -0.25) is 9.59 Å². The molecule has 2 heterocycles. The fraction of sp³-hybridized carbons (Fsp3) is 0.360. The molecule has 0 spiro atoms.